The molecule has 0 bridgehead atoms. The second kappa shape index (κ2) is 8.16. The van der Waals surface area contributed by atoms with Crippen molar-refractivity contribution < 1.29 is 31.5 Å². The van der Waals surface area contributed by atoms with Crippen LogP contribution in [0.25, 0.3) is 11.3 Å². The normalized spacial score (nSPS) is 11.9. The minimum Gasteiger partial charge on any atom is -0.478 e. The number of aromatic carboxylic acids is 1. The third kappa shape index (κ3) is 4.78. The maximum absolute atomic E-state index is 13.6. The molecule has 3 rings (SSSR count). The Kier molecular flexibility index (Phi) is 5.92. The molecule has 0 unspecified atom stereocenters. The highest BCUT2D eigenvalue weighted by Gasteiger charge is 2.39. The number of carboxylic acids is 1. The van der Waals surface area contributed by atoms with Gasteiger partial charge >= 0.3 is 12.1 Å². The smallest absolute Gasteiger partial charge is 0.421 e. The highest BCUT2D eigenvalue weighted by atomic mass is 35.5. The SMILES string of the molecule is Cc1ccccc1-c1nc(NS(=O)(=O)c2cccc(C(=O)O)c2)nc(Cl)c1C(F)(F)F. The fourth-order valence-corrected chi connectivity index (χ4v) is 4.01. The number of carbonyl (C=O) groups is 1. The van der Waals surface area contributed by atoms with Crippen LogP contribution in [0.15, 0.2) is 53.4 Å². The molecule has 2 N–H and O–H groups in total. The van der Waals surface area contributed by atoms with Crippen molar-refractivity contribution in [1.82, 2.24) is 9.97 Å². The zero-order valence-electron chi connectivity index (χ0n) is 15.6. The zero-order chi connectivity index (χ0) is 23.0. The topological polar surface area (TPSA) is 109 Å². The molecule has 0 saturated carbocycles. The van der Waals surface area contributed by atoms with Gasteiger partial charge in [-0.2, -0.15) is 18.2 Å². The first kappa shape index (κ1) is 22.5. The first-order valence-corrected chi connectivity index (χ1v) is 10.3. The van der Waals surface area contributed by atoms with Crippen LogP contribution in [0.2, 0.25) is 5.15 Å². The summed E-state index contributed by atoms with van der Waals surface area (Å²) in [6, 6.07) is 10.5. The first-order valence-electron chi connectivity index (χ1n) is 8.47. The molecule has 0 spiro atoms. The van der Waals surface area contributed by atoms with Gasteiger partial charge in [-0.05, 0) is 30.7 Å². The number of hydrogen-bond acceptors (Lipinski definition) is 5. The molecule has 0 amide bonds. The molecule has 12 heteroatoms. The lowest BCUT2D eigenvalue weighted by Gasteiger charge is -2.16. The van der Waals surface area contributed by atoms with E-state index in [1.54, 1.807) is 19.1 Å². The minimum atomic E-state index is -4.90. The van der Waals surface area contributed by atoms with Crippen molar-refractivity contribution in [3.05, 3.63) is 70.4 Å². The van der Waals surface area contributed by atoms with Gasteiger partial charge in [0.25, 0.3) is 10.0 Å². The number of aromatic nitrogens is 2. The van der Waals surface area contributed by atoms with E-state index in [0.717, 1.165) is 12.1 Å². The number of benzene rings is 2. The second-order valence-electron chi connectivity index (χ2n) is 6.31. The number of sulfonamides is 1. The number of hydrogen-bond donors (Lipinski definition) is 2. The summed E-state index contributed by atoms with van der Waals surface area (Å²) < 4.78 is 68.1. The van der Waals surface area contributed by atoms with Gasteiger partial charge in [-0.25, -0.2) is 22.9 Å². The Labute approximate surface area is 179 Å². The Balaban J connectivity index is 2.14. The van der Waals surface area contributed by atoms with Crippen LogP contribution in [0.5, 0.6) is 0 Å². The Morgan fingerprint density at radius 1 is 1.10 bits per heavy atom. The fourth-order valence-electron chi connectivity index (χ4n) is 2.74. The Morgan fingerprint density at radius 2 is 1.77 bits per heavy atom. The quantitative estimate of drug-likeness (QED) is 0.525. The van der Waals surface area contributed by atoms with Gasteiger partial charge in [0.15, 0.2) is 0 Å². The highest BCUT2D eigenvalue weighted by Crippen LogP contribution is 2.41. The van der Waals surface area contributed by atoms with E-state index in [9.17, 15) is 26.4 Å². The van der Waals surface area contributed by atoms with E-state index < -0.39 is 49.4 Å². The number of rotatable bonds is 5. The van der Waals surface area contributed by atoms with E-state index in [2.05, 4.69) is 9.97 Å². The summed E-state index contributed by atoms with van der Waals surface area (Å²) in [5.74, 6) is -2.05. The van der Waals surface area contributed by atoms with Crippen molar-refractivity contribution in [2.45, 2.75) is 18.0 Å². The van der Waals surface area contributed by atoms with Crippen LogP contribution in [-0.2, 0) is 16.2 Å². The van der Waals surface area contributed by atoms with E-state index in [1.165, 1.54) is 24.3 Å². The van der Waals surface area contributed by atoms with Crippen LogP contribution in [-0.4, -0.2) is 29.5 Å². The first-order chi connectivity index (χ1) is 14.4. The minimum absolute atomic E-state index is 0.0902. The molecule has 0 aliphatic rings. The Morgan fingerprint density at radius 3 is 2.39 bits per heavy atom. The molecule has 0 atom stereocenters. The Bertz CT molecular complexity index is 1280. The molecular weight excluding hydrogens is 459 g/mol. The van der Waals surface area contributed by atoms with Crippen molar-refractivity contribution in [2.24, 2.45) is 0 Å². The van der Waals surface area contributed by atoms with Crippen LogP contribution >= 0.6 is 11.6 Å². The molecule has 2 aromatic carbocycles. The lowest BCUT2D eigenvalue weighted by Crippen LogP contribution is -2.18. The van der Waals surface area contributed by atoms with E-state index in [-0.39, 0.29) is 11.1 Å². The second-order valence-corrected chi connectivity index (χ2v) is 8.35. The van der Waals surface area contributed by atoms with Crippen LogP contribution in [0.1, 0.15) is 21.5 Å². The van der Waals surface area contributed by atoms with Crippen LogP contribution < -0.4 is 4.72 Å². The summed E-state index contributed by atoms with van der Waals surface area (Å²) in [6.45, 7) is 1.56. The van der Waals surface area contributed by atoms with E-state index in [4.69, 9.17) is 16.7 Å². The Hall–Kier alpha value is -3.18. The van der Waals surface area contributed by atoms with Crippen molar-refractivity contribution in [3.63, 3.8) is 0 Å². The molecule has 31 heavy (non-hydrogen) atoms. The summed E-state index contributed by atoms with van der Waals surface area (Å²) in [5, 5.41) is 8.04. The number of nitrogens with zero attached hydrogens (tertiary/aromatic N) is 2. The number of carboxylic acid groups (broad SMARTS) is 1. The van der Waals surface area contributed by atoms with Gasteiger partial charge in [0.1, 0.15) is 10.7 Å². The summed E-state index contributed by atoms with van der Waals surface area (Å²) in [6.07, 6.45) is -4.90. The van der Waals surface area contributed by atoms with Crippen molar-refractivity contribution in [3.8, 4) is 11.3 Å². The molecule has 0 fully saturated rings. The summed E-state index contributed by atoms with van der Waals surface area (Å²) >= 11 is 5.78. The maximum Gasteiger partial charge on any atom is 0.421 e. The van der Waals surface area contributed by atoms with Crippen LogP contribution in [0.4, 0.5) is 19.1 Å². The average Bonchev–Trinajstić information content (AvgIpc) is 2.66. The number of alkyl halides is 3. The maximum atomic E-state index is 13.6. The molecule has 0 aliphatic heterocycles. The lowest BCUT2D eigenvalue weighted by molar-refractivity contribution is -0.137. The summed E-state index contributed by atoms with van der Waals surface area (Å²) in [7, 11) is -4.42. The number of halogens is 4. The molecule has 1 aromatic heterocycles. The molecule has 0 radical (unpaired) electrons. The van der Waals surface area contributed by atoms with Crippen LogP contribution in [0, 0.1) is 6.92 Å². The predicted molar refractivity (Wildman–Crippen MR) is 106 cm³/mol. The van der Waals surface area contributed by atoms with Gasteiger partial charge in [0.2, 0.25) is 5.95 Å². The van der Waals surface area contributed by atoms with Gasteiger partial charge in [-0.15, -0.1) is 0 Å². The van der Waals surface area contributed by atoms with Crippen molar-refractivity contribution in [1.29, 1.82) is 0 Å². The summed E-state index contributed by atoms with van der Waals surface area (Å²) in [4.78, 5) is 17.9. The molecule has 162 valence electrons. The summed E-state index contributed by atoms with van der Waals surface area (Å²) in [5.41, 5.74) is -1.66. The van der Waals surface area contributed by atoms with Crippen molar-refractivity contribution >= 4 is 33.5 Å². The molecule has 0 aliphatic carbocycles. The molecule has 3 aromatic rings. The largest absolute Gasteiger partial charge is 0.478 e. The number of nitrogens with one attached hydrogen (secondary N) is 1. The van der Waals surface area contributed by atoms with Gasteiger partial charge in [-0.1, -0.05) is 41.9 Å². The zero-order valence-corrected chi connectivity index (χ0v) is 17.2. The lowest BCUT2D eigenvalue weighted by atomic mass is 10.0. The molecule has 7 nitrogen and oxygen atoms in total. The van der Waals surface area contributed by atoms with E-state index >= 15 is 0 Å². The third-order valence-electron chi connectivity index (χ3n) is 4.17. The predicted octanol–water partition coefficient (Wildman–Crippen LogP) is 4.62. The van der Waals surface area contributed by atoms with E-state index in [0.29, 0.717) is 5.56 Å². The highest BCUT2D eigenvalue weighted by molar-refractivity contribution is 7.92. The van der Waals surface area contributed by atoms with Crippen molar-refractivity contribution in [2.75, 3.05) is 4.72 Å². The molecule has 0 saturated heterocycles. The van der Waals surface area contributed by atoms with E-state index in [1.807, 2.05) is 4.72 Å². The van der Waals surface area contributed by atoms with Gasteiger partial charge < -0.3 is 5.11 Å². The van der Waals surface area contributed by atoms with Crippen LogP contribution in [0.3, 0.4) is 0 Å². The van der Waals surface area contributed by atoms with Gasteiger partial charge in [-0.3, -0.25) is 0 Å². The molecule has 1 heterocycles. The molecular formula is C19H13ClF3N3O4S. The number of anilines is 1. The fraction of sp³-hybridized carbons (Fsp3) is 0.105. The van der Waals surface area contributed by atoms with Gasteiger partial charge in [0.05, 0.1) is 16.2 Å². The average molecular weight is 472 g/mol. The standard InChI is InChI=1S/C19H13ClF3N3O4S/c1-10-5-2-3-8-13(10)15-14(19(21,22)23)16(20)25-18(24-15)26-31(29,30)12-7-4-6-11(9-12)17(27)28/h2-9H,1H3,(H,27,28)(H,24,25,26). The third-order valence-corrected chi connectivity index (χ3v) is 5.76. The monoisotopic (exact) mass is 471 g/mol. The number of aryl methyl sites for hydroxylation is 1. The van der Waals surface area contributed by atoms with Gasteiger partial charge in [0, 0.05) is 5.56 Å².